The lowest BCUT2D eigenvalue weighted by Gasteiger charge is -2.26. The zero-order valence-electron chi connectivity index (χ0n) is 8.68. The number of hydrogen-bond acceptors (Lipinski definition) is 3. The Morgan fingerprint density at radius 3 is 2.73 bits per heavy atom. The average molecular weight is 206 g/mol. The van der Waals surface area contributed by atoms with E-state index >= 15 is 0 Å². The average Bonchev–Trinajstić information content (AvgIpc) is 2.50. The predicted molar refractivity (Wildman–Crippen MR) is 54.4 cm³/mol. The molecule has 0 unspecified atom stereocenters. The maximum absolute atomic E-state index is 5.91. The first-order chi connectivity index (χ1) is 7.27. The molecule has 2 aliphatic rings. The van der Waals surface area contributed by atoms with Crippen molar-refractivity contribution in [2.45, 2.75) is 24.9 Å². The van der Waals surface area contributed by atoms with Crippen molar-refractivity contribution in [1.29, 1.82) is 0 Å². The first kappa shape index (κ1) is 9.33. The molecule has 0 N–H and O–H groups in total. The van der Waals surface area contributed by atoms with Gasteiger partial charge in [0.05, 0.1) is 6.61 Å². The van der Waals surface area contributed by atoms with Crippen LogP contribution in [0, 0.1) is 0 Å². The fraction of sp³-hybridized carbons (Fsp3) is 0.500. The van der Waals surface area contributed by atoms with Crippen LogP contribution in [0.15, 0.2) is 30.3 Å². The Balaban J connectivity index is 1.90. The lowest BCUT2D eigenvalue weighted by molar-refractivity contribution is -0.226. The Labute approximate surface area is 89.0 Å². The molecule has 0 saturated carbocycles. The van der Waals surface area contributed by atoms with Crippen LogP contribution in [-0.2, 0) is 14.2 Å². The first-order valence-corrected chi connectivity index (χ1v) is 5.25. The van der Waals surface area contributed by atoms with E-state index in [4.69, 9.17) is 14.2 Å². The standard InChI is InChI=1S/C12H14O3/c1-12-8-13-7-10(14-12)11(15-12)9-5-3-2-4-6-9/h2-6,10-11H,7-8H2,1H3/t10-,11+,12-/m0/s1. The molecule has 80 valence electrons. The van der Waals surface area contributed by atoms with Crippen LogP contribution in [0.3, 0.4) is 0 Å². The number of benzene rings is 1. The SMILES string of the molecule is C[C@]12COC[C@H](O1)[C@@H](c1ccccc1)O2. The molecule has 0 aromatic heterocycles. The van der Waals surface area contributed by atoms with Gasteiger partial charge in [-0.15, -0.1) is 0 Å². The van der Waals surface area contributed by atoms with Crippen LogP contribution in [0.25, 0.3) is 0 Å². The summed E-state index contributed by atoms with van der Waals surface area (Å²) in [6.07, 6.45) is 0.0462. The van der Waals surface area contributed by atoms with E-state index in [1.807, 2.05) is 25.1 Å². The van der Waals surface area contributed by atoms with Gasteiger partial charge in [-0.05, 0) is 12.5 Å². The molecule has 3 heteroatoms. The number of rotatable bonds is 1. The summed E-state index contributed by atoms with van der Waals surface area (Å²) < 4.78 is 17.2. The van der Waals surface area contributed by atoms with Crippen molar-refractivity contribution in [3.8, 4) is 0 Å². The van der Waals surface area contributed by atoms with Crippen LogP contribution in [0.1, 0.15) is 18.6 Å². The molecule has 0 radical (unpaired) electrons. The summed E-state index contributed by atoms with van der Waals surface area (Å²) >= 11 is 0. The van der Waals surface area contributed by atoms with Crippen LogP contribution < -0.4 is 0 Å². The molecular weight excluding hydrogens is 192 g/mol. The molecule has 2 fully saturated rings. The fourth-order valence-electron chi connectivity index (χ4n) is 2.23. The molecule has 2 saturated heterocycles. The van der Waals surface area contributed by atoms with Gasteiger partial charge in [0.2, 0.25) is 0 Å². The second-order valence-corrected chi connectivity index (χ2v) is 4.25. The Morgan fingerprint density at radius 2 is 2.00 bits per heavy atom. The Morgan fingerprint density at radius 1 is 1.20 bits per heavy atom. The Hall–Kier alpha value is -0.900. The third-order valence-corrected chi connectivity index (χ3v) is 2.89. The van der Waals surface area contributed by atoms with Gasteiger partial charge in [-0.2, -0.15) is 0 Å². The van der Waals surface area contributed by atoms with Crippen molar-refractivity contribution in [3.05, 3.63) is 35.9 Å². The van der Waals surface area contributed by atoms with E-state index in [2.05, 4.69) is 12.1 Å². The third-order valence-electron chi connectivity index (χ3n) is 2.89. The molecule has 2 aliphatic heterocycles. The third kappa shape index (κ3) is 1.57. The van der Waals surface area contributed by atoms with Gasteiger partial charge >= 0.3 is 0 Å². The minimum atomic E-state index is -0.552. The summed E-state index contributed by atoms with van der Waals surface area (Å²) in [5, 5.41) is 0. The lowest BCUT2D eigenvalue weighted by atomic mass is 10.1. The van der Waals surface area contributed by atoms with Crippen molar-refractivity contribution in [3.63, 3.8) is 0 Å². The molecule has 0 spiro atoms. The lowest BCUT2D eigenvalue weighted by Crippen LogP contribution is -2.38. The maximum Gasteiger partial charge on any atom is 0.190 e. The van der Waals surface area contributed by atoms with Crippen molar-refractivity contribution < 1.29 is 14.2 Å². The quantitative estimate of drug-likeness (QED) is 0.702. The van der Waals surface area contributed by atoms with Crippen molar-refractivity contribution >= 4 is 0 Å². The minimum Gasteiger partial charge on any atom is -0.373 e. The van der Waals surface area contributed by atoms with E-state index < -0.39 is 5.79 Å². The Kier molecular flexibility index (Phi) is 2.06. The molecule has 2 bridgehead atoms. The predicted octanol–water partition coefficient (Wildman–Crippen LogP) is 1.89. The van der Waals surface area contributed by atoms with Gasteiger partial charge in [0, 0.05) is 0 Å². The first-order valence-electron chi connectivity index (χ1n) is 5.25. The van der Waals surface area contributed by atoms with Crippen molar-refractivity contribution in [2.75, 3.05) is 13.2 Å². The fourth-order valence-corrected chi connectivity index (χ4v) is 2.23. The van der Waals surface area contributed by atoms with Gasteiger partial charge in [-0.1, -0.05) is 30.3 Å². The number of fused-ring (bicyclic) bond motifs is 2. The van der Waals surface area contributed by atoms with Gasteiger partial charge in [0.15, 0.2) is 5.79 Å². The molecule has 3 atom stereocenters. The summed E-state index contributed by atoms with van der Waals surface area (Å²) in [5.41, 5.74) is 1.16. The second-order valence-electron chi connectivity index (χ2n) is 4.25. The highest BCUT2D eigenvalue weighted by Crippen LogP contribution is 2.41. The van der Waals surface area contributed by atoms with Crippen LogP contribution in [0.5, 0.6) is 0 Å². The molecule has 15 heavy (non-hydrogen) atoms. The van der Waals surface area contributed by atoms with Crippen LogP contribution >= 0.6 is 0 Å². The van der Waals surface area contributed by atoms with E-state index in [1.165, 1.54) is 0 Å². The summed E-state index contributed by atoms with van der Waals surface area (Å²) in [6, 6.07) is 10.2. The van der Waals surface area contributed by atoms with Gasteiger partial charge in [0.25, 0.3) is 0 Å². The van der Waals surface area contributed by atoms with Gasteiger partial charge < -0.3 is 14.2 Å². The molecule has 1 aromatic rings. The normalized spacial score (nSPS) is 39.3. The molecule has 3 rings (SSSR count). The highest BCUT2D eigenvalue weighted by Gasteiger charge is 2.48. The monoisotopic (exact) mass is 206 g/mol. The van der Waals surface area contributed by atoms with Crippen molar-refractivity contribution in [2.24, 2.45) is 0 Å². The zero-order chi connectivity index (χ0) is 10.3. The van der Waals surface area contributed by atoms with E-state index in [0.717, 1.165) is 5.56 Å². The second kappa shape index (κ2) is 3.30. The van der Waals surface area contributed by atoms with E-state index in [9.17, 15) is 0 Å². The summed E-state index contributed by atoms with van der Waals surface area (Å²) in [5.74, 6) is -0.552. The molecular formula is C12H14O3. The smallest absolute Gasteiger partial charge is 0.190 e. The molecule has 3 nitrogen and oxygen atoms in total. The molecule has 2 heterocycles. The van der Waals surface area contributed by atoms with Crippen LogP contribution in [-0.4, -0.2) is 25.1 Å². The summed E-state index contributed by atoms with van der Waals surface area (Å²) in [7, 11) is 0. The largest absolute Gasteiger partial charge is 0.373 e. The zero-order valence-corrected chi connectivity index (χ0v) is 8.68. The molecule has 1 aromatic carbocycles. The minimum absolute atomic E-state index is 0.0127. The van der Waals surface area contributed by atoms with Crippen molar-refractivity contribution in [1.82, 2.24) is 0 Å². The van der Waals surface area contributed by atoms with Gasteiger partial charge in [-0.3, -0.25) is 0 Å². The highest BCUT2D eigenvalue weighted by atomic mass is 16.8. The summed E-state index contributed by atoms with van der Waals surface area (Å²) in [6.45, 7) is 3.07. The highest BCUT2D eigenvalue weighted by molar-refractivity contribution is 5.20. The van der Waals surface area contributed by atoms with E-state index in [1.54, 1.807) is 0 Å². The van der Waals surface area contributed by atoms with Gasteiger partial charge in [0.1, 0.15) is 18.8 Å². The van der Waals surface area contributed by atoms with E-state index in [-0.39, 0.29) is 12.2 Å². The summed E-state index contributed by atoms with van der Waals surface area (Å²) in [4.78, 5) is 0. The van der Waals surface area contributed by atoms with Crippen LogP contribution in [0.2, 0.25) is 0 Å². The number of hydrogen-bond donors (Lipinski definition) is 0. The Bertz CT molecular complexity index is 351. The maximum atomic E-state index is 5.91. The van der Waals surface area contributed by atoms with E-state index in [0.29, 0.717) is 13.2 Å². The molecule has 0 amide bonds. The topological polar surface area (TPSA) is 27.7 Å². The number of ether oxygens (including phenoxy) is 3. The van der Waals surface area contributed by atoms with Gasteiger partial charge in [-0.25, -0.2) is 0 Å². The van der Waals surface area contributed by atoms with Crippen LogP contribution in [0.4, 0.5) is 0 Å². The molecule has 0 aliphatic carbocycles.